The number of hydrogen-bond donors (Lipinski definition) is 1. The number of methoxy groups -OCH3 is 1. The molecule has 7 heteroatoms. The molecule has 1 aromatic heterocycles. The molecule has 0 saturated carbocycles. The molecule has 0 spiro atoms. The summed E-state index contributed by atoms with van der Waals surface area (Å²) in [5.74, 6) is 1.08. The average molecular weight is 274 g/mol. The molecule has 0 aromatic carbocycles. The van der Waals surface area contributed by atoms with Crippen LogP contribution in [0.15, 0.2) is 10.8 Å². The molecule has 2 heterocycles. The molecular weight excluding hydrogens is 256 g/mol. The summed E-state index contributed by atoms with van der Waals surface area (Å²) < 4.78 is 33.2. The van der Waals surface area contributed by atoms with Crippen LogP contribution < -0.4 is 5.32 Å². The van der Waals surface area contributed by atoms with Crippen LogP contribution in [0.3, 0.4) is 0 Å². The van der Waals surface area contributed by atoms with Crippen molar-refractivity contribution < 1.29 is 17.6 Å². The fourth-order valence-electron chi connectivity index (χ4n) is 2.13. The molecule has 6 nitrogen and oxygen atoms in total. The van der Waals surface area contributed by atoms with Gasteiger partial charge in [-0.1, -0.05) is 0 Å². The van der Waals surface area contributed by atoms with Gasteiger partial charge in [-0.2, -0.15) is 0 Å². The molecule has 1 unspecified atom stereocenters. The molecule has 0 amide bonds. The minimum Gasteiger partial charge on any atom is -0.448 e. The van der Waals surface area contributed by atoms with Crippen LogP contribution in [0.25, 0.3) is 0 Å². The van der Waals surface area contributed by atoms with Crippen LogP contribution in [0.2, 0.25) is 0 Å². The minimum atomic E-state index is -2.90. The molecule has 1 atom stereocenters. The second-order valence-corrected chi connectivity index (χ2v) is 6.66. The first-order chi connectivity index (χ1) is 8.62. The van der Waals surface area contributed by atoms with Gasteiger partial charge in [0.05, 0.1) is 23.8 Å². The van der Waals surface area contributed by atoms with Gasteiger partial charge in [-0.25, -0.2) is 13.4 Å². The molecule has 1 aliphatic heterocycles. The number of rotatable bonds is 6. The number of nitrogens with zero attached hydrogens (tertiary/aromatic N) is 1. The van der Waals surface area contributed by atoms with E-state index in [0.29, 0.717) is 25.3 Å². The third kappa shape index (κ3) is 3.30. The summed E-state index contributed by atoms with van der Waals surface area (Å²) in [4.78, 5) is 4.14. The first-order valence-electron chi connectivity index (χ1n) is 5.95. The fourth-order valence-corrected chi connectivity index (χ4v) is 3.87. The fraction of sp³-hybridized carbons (Fsp3) is 0.727. The standard InChI is InChI=1S/C11H18N2O4S/c1-16-4-3-12-6-10-11(17-8-13-10)9-2-5-18(14,15)7-9/h8-9,12H,2-7H2,1H3. The Morgan fingerprint density at radius 2 is 2.44 bits per heavy atom. The lowest BCUT2D eigenvalue weighted by Crippen LogP contribution is -2.20. The van der Waals surface area contributed by atoms with E-state index in [0.717, 1.165) is 12.2 Å². The zero-order valence-corrected chi connectivity index (χ0v) is 11.2. The maximum atomic E-state index is 11.5. The first kappa shape index (κ1) is 13.5. The van der Waals surface area contributed by atoms with Crippen molar-refractivity contribution in [1.82, 2.24) is 10.3 Å². The second-order valence-electron chi connectivity index (χ2n) is 4.43. The number of oxazole rings is 1. The number of hydrogen-bond acceptors (Lipinski definition) is 6. The van der Waals surface area contributed by atoms with Crippen LogP contribution in [0.1, 0.15) is 23.8 Å². The predicted molar refractivity (Wildman–Crippen MR) is 66.1 cm³/mol. The van der Waals surface area contributed by atoms with Gasteiger partial charge in [-0.15, -0.1) is 0 Å². The van der Waals surface area contributed by atoms with Crippen molar-refractivity contribution in [3.63, 3.8) is 0 Å². The van der Waals surface area contributed by atoms with Crippen molar-refractivity contribution in [1.29, 1.82) is 0 Å². The highest BCUT2D eigenvalue weighted by atomic mass is 32.2. The molecule has 18 heavy (non-hydrogen) atoms. The molecule has 1 aliphatic rings. The zero-order chi connectivity index (χ0) is 13.0. The van der Waals surface area contributed by atoms with Gasteiger partial charge >= 0.3 is 0 Å². The summed E-state index contributed by atoms with van der Waals surface area (Å²) in [5, 5.41) is 3.18. The van der Waals surface area contributed by atoms with Crippen LogP contribution in [0.4, 0.5) is 0 Å². The second kappa shape index (κ2) is 5.81. The van der Waals surface area contributed by atoms with Crippen molar-refractivity contribution in [3.05, 3.63) is 17.8 Å². The van der Waals surface area contributed by atoms with E-state index in [1.807, 2.05) is 0 Å². The van der Waals surface area contributed by atoms with Gasteiger partial charge in [0.25, 0.3) is 0 Å². The van der Waals surface area contributed by atoms with E-state index in [-0.39, 0.29) is 17.4 Å². The lowest BCUT2D eigenvalue weighted by atomic mass is 10.0. The predicted octanol–water partition coefficient (Wildman–Crippen LogP) is 0.313. The minimum absolute atomic E-state index is 0.0447. The summed E-state index contributed by atoms with van der Waals surface area (Å²) in [5.41, 5.74) is 0.799. The highest BCUT2D eigenvalue weighted by Gasteiger charge is 2.32. The smallest absolute Gasteiger partial charge is 0.181 e. The summed E-state index contributed by atoms with van der Waals surface area (Å²) in [6.45, 7) is 1.93. The third-order valence-electron chi connectivity index (χ3n) is 3.05. The average Bonchev–Trinajstić information content (AvgIpc) is 2.90. The van der Waals surface area contributed by atoms with Crippen LogP contribution in [0.5, 0.6) is 0 Å². The Hall–Kier alpha value is -0.920. The van der Waals surface area contributed by atoms with E-state index in [1.54, 1.807) is 7.11 Å². The molecule has 1 N–H and O–H groups in total. The van der Waals surface area contributed by atoms with E-state index in [1.165, 1.54) is 6.39 Å². The molecule has 102 valence electrons. The van der Waals surface area contributed by atoms with E-state index < -0.39 is 9.84 Å². The van der Waals surface area contributed by atoms with Crippen LogP contribution in [-0.2, 0) is 21.1 Å². The van der Waals surface area contributed by atoms with Crippen molar-refractivity contribution in [2.45, 2.75) is 18.9 Å². The Balaban J connectivity index is 1.95. The Morgan fingerprint density at radius 1 is 1.61 bits per heavy atom. The lowest BCUT2D eigenvalue weighted by molar-refractivity contribution is 0.199. The van der Waals surface area contributed by atoms with Gasteiger partial charge in [-0.3, -0.25) is 0 Å². The van der Waals surface area contributed by atoms with Gasteiger partial charge in [0.15, 0.2) is 16.2 Å². The van der Waals surface area contributed by atoms with E-state index in [9.17, 15) is 8.42 Å². The lowest BCUT2D eigenvalue weighted by Gasteiger charge is -2.07. The number of nitrogens with one attached hydrogen (secondary N) is 1. The van der Waals surface area contributed by atoms with E-state index in [4.69, 9.17) is 9.15 Å². The molecule has 1 saturated heterocycles. The number of aromatic nitrogens is 1. The van der Waals surface area contributed by atoms with Gasteiger partial charge in [0.1, 0.15) is 5.76 Å². The van der Waals surface area contributed by atoms with Crippen LogP contribution in [-0.4, -0.2) is 45.2 Å². The van der Waals surface area contributed by atoms with Crippen LogP contribution in [0, 0.1) is 0 Å². The number of ether oxygens (including phenoxy) is 1. The monoisotopic (exact) mass is 274 g/mol. The largest absolute Gasteiger partial charge is 0.448 e. The highest BCUT2D eigenvalue weighted by molar-refractivity contribution is 7.91. The topological polar surface area (TPSA) is 81.4 Å². The molecule has 1 fully saturated rings. The molecule has 1 aromatic rings. The number of sulfone groups is 1. The van der Waals surface area contributed by atoms with Crippen molar-refractivity contribution >= 4 is 9.84 Å². The van der Waals surface area contributed by atoms with Crippen molar-refractivity contribution in [3.8, 4) is 0 Å². The summed E-state index contributed by atoms with van der Waals surface area (Å²) in [7, 11) is -1.25. The van der Waals surface area contributed by atoms with E-state index >= 15 is 0 Å². The Labute approximate surface area is 107 Å². The molecule has 2 rings (SSSR count). The Bertz CT molecular complexity index is 483. The molecule has 0 radical (unpaired) electrons. The molecule has 0 bridgehead atoms. The summed E-state index contributed by atoms with van der Waals surface area (Å²) >= 11 is 0. The first-order valence-corrected chi connectivity index (χ1v) is 7.77. The quantitative estimate of drug-likeness (QED) is 0.752. The third-order valence-corrected chi connectivity index (χ3v) is 4.82. The maximum absolute atomic E-state index is 11.5. The maximum Gasteiger partial charge on any atom is 0.181 e. The van der Waals surface area contributed by atoms with Crippen molar-refractivity contribution in [2.24, 2.45) is 0 Å². The highest BCUT2D eigenvalue weighted by Crippen LogP contribution is 2.30. The van der Waals surface area contributed by atoms with Gasteiger partial charge < -0.3 is 14.5 Å². The summed E-state index contributed by atoms with van der Waals surface area (Å²) in [6, 6.07) is 0. The normalized spacial score (nSPS) is 22.4. The van der Waals surface area contributed by atoms with Crippen molar-refractivity contribution in [2.75, 3.05) is 31.8 Å². The Morgan fingerprint density at radius 3 is 3.11 bits per heavy atom. The van der Waals surface area contributed by atoms with Gasteiger partial charge in [0, 0.05) is 26.1 Å². The zero-order valence-electron chi connectivity index (χ0n) is 10.4. The van der Waals surface area contributed by atoms with Crippen LogP contribution >= 0.6 is 0 Å². The van der Waals surface area contributed by atoms with E-state index in [2.05, 4.69) is 10.3 Å². The van der Waals surface area contributed by atoms with Gasteiger partial charge in [-0.05, 0) is 6.42 Å². The molecular formula is C11H18N2O4S. The van der Waals surface area contributed by atoms with Gasteiger partial charge in [0.2, 0.25) is 0 Å². The summed E-state index contributed by atoms with van der Waals surface area (Å²) in [6.07, 6.45) is 2.01. The molecule has 0 aliphatic carbocycles. The SMILES string of the molecule is COCCNCc1ncoc1C1CCS(=O)(=O)C1. The Kier molecular flexibility index (Phi) is 4.36.